The van der Waals surface area contributed by atoms with Crippen LogP contribution >= 0.6 is 12.2 Å². The number of anilines is 1. The summed E-state index contributed by atoms with van der Waals surface area (Å²) in [6, 6.07) is 3.81. The lowest BCUT2D eigenvalue weighted by molar-refractivity contribution is -0.124. The largest absolute Gasteiger partial charge is 0.389 e. The molecule has 0 spiro atoms. The van der Waals surface area contributed by atoms with Gasteiger partial charge in [0.2, 0.25) is 5.91 Å². The van der Waals surface area contributed by atoms with E-state index in [1.54, 1.807) is 7.05 Å². The van der Waals surface area contributed by atoms with Crippen molar-refractivity contribution in [3.8, 4) is 0 Å². The highest BCUT2D eigenvalue weighted by atomic mass is 32.1. The van der Waals surface area contributed by atoms with Crippen molar-refractivity contribution in [2.24, 2.45) is 11.7 Å². The quantitative estimate of drug-likeness (QED) is 0.813. The van der Waals surface area contributed by atoms with Gasteiger partial charge in [-0.3, -0.25) is 4.79 Å². The van der Waals surface area contributed by atoms with Gasteiger partial charge in [0.05, 0.1) is 11.5 Å². The molecule has 1 aliphatic heterocycles. The number of amides is 1. The number of carbonyl (C=O) groups is 1. The summed E-state index contributed by atoms with van der Waals surface area (Å²) < 4.78 is 0. The summed E-state index contributed by atoms with van der Waals surface area (Å²) >= 11 is 5.10. The Balaban J connectivity index is 2.28. The molecule has 0 radical (unpaired) electrons. The minimum atomic E-state index is -0.00439. The van der Waals surface area contributed by atoms with Crippen LogP contribution in [0.4, 0.5) is 5.82 Å². The summed E-state index contributed by atoms with van der Waals surface area (Å²) in [7, 11) is 1.67. The number of hydrogen-bond acceptors (Lipinski definition) is 4. The number of aromatic nitrogens is 1. The van der Waals surface area contributed by atoms with Gasteiger partial charge in [0.1, 0.15) is 10.8 Å². The molecule has 108 valence electrons. The Labute approximate surface area is 124 Å². The number of pyridine rings is 1. The van der Waals surface area contributed by atoms with Gasteiger partial charge in [0.15, 0.2) is 0 Å². The molecule has 1 saturated heterocycles. The summed E-state index contributed by atoms with van der Waals surface area (Å²) in [6.07, 6.45) is 1.87. The Morgan fingerprint density at radius 1 is 1.55 bits per heavy atom. The van der Waals surface area contributed by atoms with Crippen LogP contribution in [0, 0.1) is 12.8 Å². The molecule has 0 aromatic carbocycles. The van der Waals surface area contributed by atoms with E-state index in [4.69, 9.17) is 18.0 Å². The molecule has 3 N–H and O–H groups in total. The molecule has 1 atom stereocenters. The van der Waals surface area contributed by atoms with Crippen LogP contribution in [0.5, 0.6) is 0 Å². The lowest BCUT2D eigenvalue weighted by atomic mass is 9.97. The van der Waals surface area contributed by atoms with Crippen LogP contribution < -0.4 is 16.0 Å². The van der Waals surface area contributed by atoms with Crippen LogP contribution in [0.3, 0.4) is 0 Å². The number of thiocarbonyl (C=S) groups is 1. The van der Waals surface area contributed by atoms with Crippen LogP contribution in [0.2, 0.25) is 0 Å². The SMILES string of the molecule is CNC(=O)C1CCCN(c2nc(C)ccc2C(N)=S)C1. The van der Waals surface area contributed by atoms with Gasteiger partial charge in [0, 0.05) is 25.8 Å². The molecular formula is C14H20N4OS. The lowest BCUT2D eigenvalue weighted by Crippen LogP contribution is -2.43. The maximum atomic E-state index is 11.8. The zero-order chi connectivity index (χ0) is 14.7. The van der Waals surface area contributed by atoms with Crippen LogP contribution in [0.1, 0.15) is 24.1 Å². The van der Waals surface area contributed by atoms with E-state index in [2.05, 4.69) is 15.2 Å². The second-order valence-corrected chi connectivity index (χ2v) is 5.53. The molecule has 0 saturated carbocycles. The zero-order valence-electron chi connectivity index (χ0n) is 11.8. The van der Waals surface area contributed by atoms with E-state index in [0.29, 0.717) is 11.5 Å². The highest BCUT2D eigenvalue weighted by Crippen LogP contribution is 2.25. The molecule has 0 bridgehead atoms. The first kappa shape index (κ1) is 14.7. The maximum Gasteiger partial charge on any atom is 0.224 e. The molecule has 0 aliphatic carbocycles. The van der Waals surface area contributed by atoms with Crippen molar-refractivity contribution in [3.05, 3.63) is 23.4 Å². The first-order valence-electron chi connectivity index (χ1n) is 6.77. The minimum absolute atomic E-state index is 0.00439. The Morgan fingerprint density at radius 3 is 2.95 bits per heavy atom. The monoisotopic (exact) mass is 292 g/mol. The number of piperidine rings is 1. The summed E-state index contributed by atoms with van der Waals surface area (Å²) in [5, 5.41) is 2.72. The normalized spacial score (nSPS) is 18.7. The molecule has 20 heavy (non-hydrogen) atoms. The number of aryl methyl sites for hydroxylation is 1. The van der Waals surface area contributed by atoms with Crippen LogP contribution in [0.15, 0.2) is 12.1 Å². The van der Waals surface area contributed by atoms with Crippen molar-refractivity contribution in [1.82, 2.24) is 10.3 Å². The molecular weight excluding hydrogens is 272 g/mol. The van der Waals surface area contributed by atoms with Crippen molar-refractivity contribution in [3.63, 3.8) is 0 Å². The second-order valence-electron chi connectivity index (χ2n) is 5.09. The fraction of sp³-hybridized carbons (Fsp3) is 0.500. The number of carbonyl (C=O) groups excluding carboxylic acids is 1. The smallest absolute Gasteiger partial charge is 0.224 e. The molecule has 6 heteroatoms. The lowest BCUT2D eigenvalue weighted by Gasteiger charge is -2.33. The Morgan fingerprint density at radius 2 is 2.30 bits per heavy atom. The van der Waals surface area contributed by atoms with E-state index < -0.39 is 0 Å². The highest BCUT2D eigenvalue weighted by molar-refractivity contribution is 7.80. The van der Waals surface area contributed by atoms with Crippen molar-refractivity contribution in [1.29, 1.82) is 0 Å². The average Bonchev–Trinajstić information content (AvgIpc) is 2.46. The van der Waals surface area contributed by atoms with Gasteiger partial charge in [-0.05, 0) is 31.9 Å². The number of nitrogens with one attached hydrogen (secondary N) is 1. The third kappa shape index (κ3) is 3.07. The number of hydrogen-bond donors (Lipinski definition) is 2. The summed E-state index contributed by atoms with van der Waals surface area (Å²) in [5.74, 6) is 0.876. The van der Waals surface area contributed by atoms with E-state index in [9.17, 15) is 4.79 Å². The Bertz CT molecular complexity index is 532. The summed E-state index contributed by atoms with van der Waals surface area (Å²) in [5.41, 5.74) is 7.48. The van der Waals surface area contributed by atoms with Gasteiger partial charge < -0.3 is 16.0 Å². The van der Waals surface area contributed by atoms with Crippen molar-refractivity contribution in [2.45, 2.75) is 19.8 Å². The predicted molar refractivity (Wildman–Crippen MR) is 83.9 cm³/mol. The molecule has 2 rings (SSSR count). The average molecular weight is 292 g/mol. The summed E-state index contributed by atoms with van der Waals surface area (Å²) in [6.45, 7) is 3.47. The fourth-order valence-electron chi connectivity index (χ4n) is 2.56. The standard InChI is InChI=1S/C14H20N4OS/c1-9-5-6-11(12(15)20)13(17-9)18-7-3-4-10(8-18)14(19)16-2/h5-6,10H,3-4,7-8H2,1-2H3,(H2,15,20)(H,16,19). The maximum absolute atomic E-state index is 11.8. The number of nitrogens with zero attached hydrogens (tertiary/aromatic N) is 2. The van der Waals surface area contributed by atoms with E-state index in [0.717, 1.165) is 36.5 Å². The Kier molecular flexibility index (Phi) is 4.54. The first-order valence-corrected chi connectivity index (χ1v) is 7.17. The molecule has 1 amide bonds. The zero-order valence-corrected chi connectivity index (χ0v) is 12.7. The van der Waals surface area contributed by atoms with E-state index >= 15 is 0 Å². The molecule has 2 heterocycles. The molecule has 1 aromatic heterocycles. The third-order valence-corrected chi connectivity index (χ3v) is 3.84. The van der Waals surface area contributed by atoms with Crippen LogP contribution in [0.25, 0.3) is 0 Å². The minimum Gasteiger partial charge on any atom is -0.389 e. The molecule has 5 nitrogen and oxygen atoms in total. The highest BCUT2D eigenvalue weighted by Gasteiger charge is 2.27. The number of nitrogens with two attached hydrogens (primary N) is 1. The summed E-state index contributed by atoms with van der Waals surface area (Å²) in [4.78, 5) is 18.8. The third-order valence-electron chi connectivity index (χ3n) is 3.62. The molecule has 1 fully saturated rings. The van der Waals surface area contributed by atoms with E-state index in [1.807, 2.05) is 19.1 Å². The van der Waals surface area contributed by atoms with Gasteiger partial charge in [-0.1, -0.05) is 12.2 Å². The van der Waals surface area contributed by atoms with Gasteiger partial charge in [-0.2, -0.15) is 0 Å². The molecule has 1 aromatic rings. The number of rotatable bonds is 3. The first-order chi connectivity index (χ1) is 9.52. The fourth-order valence-corrected chi connectivity index (χ4v) is 2.72. The second kappa shape index (κ2) is 6.17. The van der Waals surface area contributed by atoms with Crippen molar-refractivity contribution >= 4 is 28.9 Å². The van der Waals surface area contributed by atoms with Gasteiger partial charge >= 0.3 is 0 Å². The van der Waals surface area contributed by atoms with E-state index in [1.165, 1.54) is 0 Å². The predicted octanol–water partition coefficient (Wildman–Crippen LogP) is 0.987. The van der Waals surface area contributed by atoms with Gasteiger partial charge in [-0.15, -0.1) is 0 Å². The van der Waals surface area contributed by atoms with E-state index in [-0.39, 0.29) is 11.8 Å². The topological polar surface area (TPSA) is 71.2 Å². The molecule has 1 aliphatic rings. The van der Waals surface area contributed by atoms with Crippen molar-refractivity contribution < 1.29 is 4.79 Å². The van der Waals surface area contributed by atoms with Crippen LogP contribution in [-0.2, 0) is 4.79 Å². The van der Waals surface area contributed by atoms with Crippen LogP contribution in [-0.4, -0.2) is 36.0 Å². The van der Waals surface area contributed by atoms with Gasteiger partial charge in [-0.25, -0.2) is 4.98 Å². The van der Waals surface area contributed by atoms with Gasteiger partial charge in [0.25, 0.3) is 0 Å². The molecule has 1 unspecified atom stereocenters. The van der Waals surface area contributed by atoms with Crippen molar-refractivity contribution in [2.75, 3.05) is 25.0 Å². The Hall–Kier alpha value is -1.69.